The molecule has 1 fully saturated rings. The van der Waals surface area contributed by atoms with Gasteiger partial charge in [-0.2, -0.15) is 0 Å². The average Bonchev–Trinajstić information content (AvgIpc) is 3.69. The van der Waals surface area contributed by atoms with Gasteiger partial charge in [-0.1, -0.05) is 114 Å². The largest absolute Gasteiger partial charge is 0.445 e. The van der Waals surface area contributed by atoms with Crippen LogP contribution in [0.25, 0.3) is 0 Å². The molecule has 1 unspecified atom stereocenters. The molecule has 10 nitrogen and oxygen atoms in total. The van der Waals surface area contributed by atoms with Crippen molar-refractivity contribution in [2.45, 2.75) is 123 Å². The van der Waals surface area contributed by atoms with E-state index in [9.17, 15) is 24.0 Å². The Kier molecular flexibility index (Phi) is 19.2. The molecule has 2 aliphatic rings. The zero-order valence-corrected chi connectivity index (χ0v) is 36.3. The molecule has 2 aromatic carbocycles. The van der Waals surface area contributed by atoms with Crippen molar-refractivity contribution in [3.05, 3.63) is 83.9 Å². The van der Waals surface area contributed by atoms with Gasteiger partial charge in [-0.15, -0.1) is 11.8 Å². The summed E-state index contributed by atoms with van der Waals surface area (Å²) in [4.78, 5) is 75.0. The van der Waals surface area contributed by atoms with Gasteiger partial charge in [-0.3, -0.25) is 24.2 Å². The highest BCUT2D eigenvalue weighted by Crippen LogP contribution is 2.28. The number of hydrogen-bond acceptors (Lipinski definition) is 8. The maximum atomic E-state index is 14.3. The van der Waals surface area contributed by atoms with Crippen LogP contribution in [0.1, 0.15) is 104 Å². The molecule has 2 aliphatic heterocycles. The number of rotatable bonds is 22. The molecule has 11 heteroatoms. The highest BCUT2D eigenvalue weighted by molar-refractivity contribution is 8.14. The highest BCUT2D eigenvalue weighted by atomic mass is 32.2. The number of carbonyl (C=O) groups is 5. The fourth-order valence-corrected chi connectivity index (χ4v) is 8.83. The standard InChI is InChI=1S/C47H66N4O6S/c1-32(2)27-34(5)21-22-38(28-36-15-9-7-10-16-36)46(55)51-26-14-20-41(51)43(53)29-39(33(3)4)45(54)50-40(42(52)30-44-48-25-23-35(6)58-44)19-13-24-49-47(56)57-31-37-17-11-8-12-18-37/h7-12,15-18,21-22,32-35,38-41H,13-14,19-20,23-31H2,1-6H3,(H,49,56)(H,50,54)/b22-21+/t34-,35?,38-,39+,40+,41+/m1/s1. The first kappa shape index (κ1) is 46.4. The van der Waals surface area contributed by atoms with Crippen molar-refractivity contribution in [2.75, 3.05) is 19.6 Å². The first-order chi connectivity index (χ1) is 27.8. The van der Waals surface area contributed by atoms with Crippen molar-refractivity contribution in [1.82, 2.24) is 15.5 Å². The second-order valence-corrected chi connectivity index (χ2v) is 18.3. The summed E-state index contributed by atoms with van der Waals surface area (Å²) in [7, 11) is 0. The lowest BCUT2D eigenvalue weighted by Crippen LogP contribution is -2.48. The molecule has 0 aliphatic carbocycles. The van der Waals surface area contributed by atoms with Crippen LogP contribution >= 0.6 is 11.8 Å². The summed E-state index contributed by atoms with van der Waals surface area (Å²) in [5.41, 5.74) is 1.94. The smallest absolute Gasteiger partial charge is 0.407 e. The molecule has 2 heterocycles. The molecule has 1 saturated heterocycles. The minimum Gasteiger partial charge on any atom is -0.445 e. The Hall–Kier alpha value is -4.25. The van der Waals surface area contributed by atoms with E-state index in [1.165, 1.54) is 0 Å². The van der Waals surface area contributed by atoms with Crippen LogP contribution in [-0.2, 0) is 36.9 Å². The molecule has 6 atom stereocenters. The molecule has 0 radical (unpaired) electrons. The van der Waals surface area contributed by atoms with Gasteiger partial charge in [0.1, 0.15) is 6.61 Å². The Morgan fingerprint density at radius 1 is 0.931 bits per heavy atom. The van der Waals surface area contributed by atoms with Crippen molar-refractivity contribution in [3.8, 4) is 0 Å². The monoisotopic (exact) mass is 814 g/mol. The van der Waals surface area contributed by atoms with Gasteiger partial charge in [0.25, 0.3) is 0 Å². The molecule has 58 heavy (non-hydrogen) atoms. The fraction of sp³-hybridized carbons (Fsp3) is 0.574. The predicted octanol–water partition coefficient (Wildman–Crippen LogP) is 8.38. The number of nitrogens with one attached hydrogen (secondary N) is 2. The van der Waals surface area contributed by atoms with Crippen LogP contribution in [0, 0.1) is 29.6 Å². The Bertz CT molecular complexity index is 1700. The number of ether oxygens (including phenoxy) is 1. The fourth-order valence-electron chi connectivity index (χ4n) is 7.75. The van der Waals surface area contributed by atoms with Crippen LogP contribution in [0.4, 0.5) is 4.79 Å². The molecule has 4 rings (SSSR count). The van der Waals surface area contributed by atoms with Crippen LogP contribution in [-0.4, -0.2) is 76.4 Å². The van der Waals surface area contributed by atoms with E-state index < -0.39 is 30.0 Å². The van der Waals surface area contributed by atoms with E-state index in [1.807, 2.05) is 80.6 Å². The van der Waals surface area contributed by atoms with Gasteiger partial charge in [-0.05, 0) is 73.8 Å². The summed E-state index contributed by atoms with van der Waals surface area (Å²) < 4.78 is 5.33. The number of carbonyl (C=O) groups excluding carboxylic acids is 5. The number of allylic oxidation sites excluding steroid dienone is 1. The lowest BCUT2D eigenvalue weighted by Gasteiger charge is -2.29. The van der Waals surface area contributed by atoms with Gasteiger partial charge in [0.2, 0.25) is 11.8 Å². The molecular weight excluding hydrogens is 749 g/mol. The summed E-state index contributed by atoms with van der Waals surface area (Å²) in [5, 5.41) is 6.88. The number of aliphatic imine (C=N–C) groups is 1. The van der Waals surface area contributed by atoms with Gasteiger partial charge >= 0.3 is 6.09 Å². The molecule has 3 amide bonds. The third-order valence-corrected chi connectivity index (χ3v) is 12.1. The van der Waals surface area contributed by atoms with E-state index in [-0.39, 0.29) is 55.3 Å². The van der Waals surface area contributed by atoms with Crippen molar-refractivity contribution in [2.24, 2.45) is 34.6 Å². The first-order valence-electron chi connectivity index (χ1n) is 21.3. The lowest BCUT2D eigenvalue weighted by atomic mass is 9.86. The number of alkyl carbamates (subject to hydrolysis) is 1. The van der Waals surface area contributed by atoms with E-state index in [2.05, 4.69) is 49.4 Å². The molecule has 2 aromatic rings. The summed E-state index contributed by atoms with van der Waals surface area (Å²) in [6.45, 7) is 14.1. The SMILES string of the molecule is CC(C)C[C@H](C)/C=C/[C@H](Cc1ccccc1)C(=O)N1CCC[C@H]1C(=O)C[C@H](C(=O)N[C@@H](CCCNC(=O)OCc1ccccc1)C(=O)CC1=NCCC(C)S1)C(C)C. The minimum atomic E-state index is -0.820. The Labute approximate surface area is 350 Å². The zero-order chi connectivity index (χ0) is 42.0. The van der Waals surface area contributed by atoms with Crippen LogP contribution in [0.15, 0.2) is 77.8 Å². The number of thioether (sulfide) groups is 1. The maximum Gasteiger partial charge on any atom is 0.407 e. The molecule has 0 aromatic heterocycles. The quantitative estimate of drug-likeness (QED) is 0.0901. The van der Waals surface area contributed by atoms with Crippen LogP contribution in [0.5, 0.6) is 0 Å². The lowest BCUT2D eigenvalue weighted by molar-refractivity contribution is -0.141. The van der Waals surface area contributed by atoms with Gasteiger partial charge < -0.3 is 20.3 Å². The van der Waals surface area contributed by atoms with E-state index in [1.54, 1.807) is 16.7 Å². The van der Waals surface area contributed by atoms with E-state index >= 15 is 0 Å². The molecule has 316 valence electrons. The van der Waals surface area contributed by atoms with Crippen LogP contribution < -0.4 is 10.6 Å². The number of nitrogens with zero attached hydrogens (tertiary/aromatic N) is 2. The highest BCUT2D eigenvalue weighted by Gasteiger charge is 2.39. The number of benzene rings is 2. The second-order valence-electron chi connectivity index (χ2n) is 16.8. The summed E-state index contributed by atoms with van der Waals surface area (Å²) in [5.74, 6) is -1.13. The topological polar surface area (TPSA) is 134 Å². The number of amides is 3. The first-order valence-corrected chi connectivity index (χ1v) is 22.2. The summed E-state index contributed by atoms with van der Waals surface area (Å²) in [6, 6.07) is 18.0. The van der Waals surface area contributed by atoms with Crippen molar-refractivity contribution >= 4 is 46.3 Å². The van der Waals surface area contributed by atoms with E-state index in [0.29, 0.717) is 55.9 Å². The van der Waals surface area contributed by atoms with E-state index in [0.717, 1.165) is 35.4 Å². The van der Waals surface area contributed by atoms with Crippen molar-refractivity contribution < 1.29 is 28.7 Å². The zero-order valence-electron chi connectivity index (χ0n) is 35.5. The number of likely N-dealkylation sites (tertiary alicyclic amines) is 1. The number of hydrogen-bond donors (Lipinski definition) is 2. The molecule has 2 N–H and O–H groups in total. The summed E-state index contributed by atoms with van der Waals surface area (Å²) in [6.07, 6.45) is 8.22. The second kappa shape index (κ2) is 24.0. The molecule has 0 bridgehead atoms. The van der Waals surface area contributed by atoms with Crippen LogP contribution in [0.2, 0.25) is 0 Å². The van der Waals surface area contributed by atoms with Gasteiger partial charge in [0.15, 0.2) is 11.6 Å². The Morgan fingerprint density at radius 2 is 1.62 bits per heavy atom. The average molecular weight is 815 g/mol. The molecule has 0 spiro atoms. The normalized spacial score (nSPS) is 19.0. The van der Waals surface area contributed by atoms with E-state index in [4.69, 9.17) is 4.74 Å². The predicted molar refractivity (Wildman–Crippen MR) is 233 cm³/mol. The third kappa shape index (κ3) is 15.5. The minimum absolute atomic E-state index is 0.0294. The van der Waals surface area contributed by atoms with Gasteiger partial charge in [0.05, 0.1) is 29.5 Å². The third-order valence-electron chi connectivity index (χ3n) is 10.9. The van der Waals surface area contributed by atoms with Crippen molar-refractivity contribution in [3.63, 3.8) is 0 Å². The Balaban J connectivity index is 1.42. The van der Waals surface area contributed by atoms with Gasteiger partial charge in [-0.25, -0.2) is 4.79 Å². The van der Waals surface area contributed by atoms with Crippen LogP contribution in [0.3, 0.4) is 0 Å². The maximum absolute atomic E-state index is 14.3. The van der Waals surface area contributed by atoms with Crippen molar-refractivity contribution in [1.29, 1.82) is 0 Å². The molecule has 0 saturated carbocycles. The number of Topliss-reactive ketones (excluding diaryl/α,β-unsaturated/α-hetero) is 2. The Morgan fingerprint density at radius 3 is 2.28 bits per heavy atom. The molecular formula is C47H66N4O6S. The number of ketones is 2. The van der Waals surface area contributed by atoms with Gasteiger partial charge in [0, 0.05) is 37.2 Å². The summed E-state index contributed by atoms with van der Waals surface area (Å²) >= 11 is 1.59.